The highest BCUT2D eigenvalue weighted by Crippen LogP contribution is 2.05. The van der Waals surface area contributed by atoms with Crippen molar-refractivity contribution in [3.63, 3.8) is 0 Å². The number of ether oxygens (including phenoxy) is 1. The van der Waals surface area contributed by atoms with Gasteiger partial charge in [0, 0.05) is 0 Å². The highest BCUT2D eigenvalue weighted by atomic mass is 32.2. The summed E-state index contributed by atoms with van der Waals surface area (Å²) < 4.78 is 35.8. The molecule has 102 valence electrons. The normalized spacial score (nSPS) is 19.8. The van der Waals surface area contributed by atoms with E-state index in [0.717, 1.165) is 13.2 Å². The van der Waals surface area contributed by atoms with Gasteiger partial charge < -0.3 is 13.8 Å². The van der Waals surface area contributed by atoms with Crippen LogP contribution in [0.5, 0.6) is 0 Å². The van der Waals surface area contributed by atoms with E-state index < -0.39 is 15.9 Å². The molecule has 1 rings (SSSR count). The summed E-state index contributed by atoms with van der Waals surface area (Å²) in [6.07, 6.45) is 2.83. The molecular weight excluding hydrogens is 242 g/mol. The maximum absolute atomic E-state index is 9.78. The number of quaternary nitrogens is 1. The molecule has 0 spiro atoms. The molecule has 0 aromatic heterocycles. The van der Waals surface area contributed by atoms with E-state index in [0.29, 0.717) is 0 Å². The minimum atomic E-state index is -4.02. The zero-order valence-corrected chi connectivity index (χ0v) is 11.7. The van der Waals surface area contributed by atoms with E-state index in [4.69, 9.17) is 4.74 Å². The van der Waals surface area contributed by atoms with Crippen LogP contribution in [0.4, 0.5) is 0 Å². The first-order chi connectivity index (χ1) is 7.83. The van der Waals surface area contributed by atoms with Crippen molar-refractivity contribution in [2.24, 2.45) is 0 Å². The second kappa shape index (κ2) is 7.81. The maximum atomic E-state index is 9.78. The number of allylic oxidation sites excluding steroid dienone is 1. The lowest BCUT2D eigenvalue weighted by atomic mass is 10.3. The van der Waals surface area contributed by atoms with Gasteiger partial charge in [-0.1, -0.05) is 12.2 Å². The summed E-state index contributed by atoms with van der Waals surface area (Å²) in [4.78, 5) is 0. The van der Waals surface area contributed by atoms with Gasteiger partial charge in [0.05, 0.1) is 42.7 Å². The molecule has 5 nitrogen and oxygen atoms in total. The number of hydrogen-bond acceptors (Lipinski definition) is 4. The molecule has 0 saturated carbocycles. The minimum absolute atomic E-state index is 0.399. The third-order valence-electron chi connectivity index (χ3n) is 2.85. The molecule has 0 aromatic carbocycles. The van der Waals surface area contributed by atoms with Crippen molar-refractivity contribution in [2.75, 3.05) is 45.6 Å². The zero-order valence-electron chi connectivity index (χ0n) is 10.9. The molecule has 1 fully saturated rings. The van der Waals surface area contributed by atoms with E-state index >= 15 is 0 Å². The molecule has 0 N–H and O–H groups in total. The third-order valence-corrected chi connectivity index (χ3v) is 3.45. The van der Waals surface area contributed by atoms with Crippen molar-refractivity contribution in [1.82, 2.24) is 0 Å². The van der Waals surface area contributed by atoms with Gasteiger partial charge in [0.1, 0.15) is 13.1 Å². The number of morpholine rings is 1. The predicted molar refractivity (Wildman–Crippen MR) is 66.7 cm³/mol. The Morgan fingerprint density at radius 1 is 1.35 bits per heavy atom. The molecule has 0 bridgehead atoms. The fourth-order valence-electron chi connectivity index (χ4n) is 1.31. The Kier molecular flexibility index (Phi) is 7.61. The van der Waals surface area contributed by atoms with Crippen LogP contribution < -0.4 is 0 Å². The maximum Gasteiger partial charge on any atom is 0.102 e. The largest absolute Gasteiger partial charge is 0.748 e. The summed E-state index contributed by atoms with van der Waals surface area (Å²) in [6, 6.07) is 0. The summed E-state index contributed by atoms with van der Waals surface area (Å²) in [5.74, 6) is -0.399. The van der Waals surface area contributed by atoms with E-state index in [1.165, 1.54) is 36.3 Å². The molecular formula is C11H23NO4S. The second-order valence-electron chi connectivity index (χ2n) is 4.29. The van der Waals surface area contributed by atoms with Crippen LogP contribution in [0.2, 0.25) is 0 Å². The quantitative estimate of drug-likeness (QED) is 0.425. The molecule has 1 saturated heterocycles. The Hall–Kier alpha value is -0.430. The van der Waals surface area contributed by atoms with Gasteiger partial charge in [-0.3, -0.25) is 0 Å². The number of rotatable bonds is 3. The van der Waals surface area contributed by atoms with Crippen LogP contribution in [0.15, 0.2) is 12.2 Å². The first-order valence-electron chi connectivity index (χ1n) is 5.79. The fraction of sp³-hybridized carbons (Fsp3) is 0.818. The molecule has 0 radical (unpaired) electrons. The minimum Gasteiger partial charge on any atom is -0.748 e. The molecule has 0 aliphatic carbocycles. The lowest BCUT2D eigenvalue weighted by Gasteiger charge is -2.36. The van der Waals surface area contributed by atoms with Crippen LogP contribution in [0.1, 0.15) is 13.8 Å². The Bertz CT molecular complexity index is 318. The average Bonchev–Trinajstić information content (AvgIpc) is 2.27. The molecule has 1 aliphatic rings. The number of nitrogens with zero attached hydrogens (tertiary/aromatic N) is 1. The SMILES string of the molecule is C/C=C/CS(=O)(=O)[O-].CC[N+]1(C)CCOCC1. The Morgan fingerprint density at radius 2 is 1.88 bits per heavy atom. The van der Waals surface area contributed by atoms with Gasteiger partial charge in [-0.25, -0.2) is 8.42 Å². The Labute approximate surface area is 104 Å². The van der Waals surface area contributed by atoms with E-state index in [9.17, 15) is 13.0 Å². The van der Waals surface area contributed by atoms with Crippen LogP contribution in [0.3, 0.4) is 0 Å². The summed E-state index contributed by atoms with van der Waals surface area (Å²) in [6.45, 7) is 9.42. The Balaban J connectivity index is 0.000000304. The van der Waals surface area contributed by atoms with E-state index in [-0.39, 0.29) is 0 Å². The van der Waals surface area contributed by atoms with Crippen molar-refractivity contribution < 1.29 is 22.2 Å². The van der Waals surface area contributed by atoms with Crippen LogP contribution in [0, 0.1) is 0 Å². The average molecular weight is 265 g/mol. The molecule has 1 heterocycles. The van der Waals surface area contributed by atoms with Crippen molar-refractivity contribution in [3.05, 3.63) is 12.2 Å². The van der Waals surface area contributed by atoms with E-state index in [2.05, 4.69) is 14.0 Å². The highest BCUT2D eigenvalue weighted by Gasteiger charge is 2.21. The van der Waals surface area contributed by atoms with Crippen LogP contribution in [-0.2, 0) is 14.9 Å². The lowest BCUT2D eigenvalue weighted by molar-refractivity contribution is -0.915. The van der Waals surface area contributed by atoms with Crippen molar-refractivity contribution in [1.29, 1.82) is 0 Å². The molecule has 0 amide bonds. The number of hydrogen-bond donors (Lipinski definition) is 0. The van der Waals surface area contributed by atoms with Gasteiger partial charge in [0.2, 0.25) is 0 Å². The topological polar surface area (TPSA) is 66.4 Å². The Morgan fingerprint density at radius 3 is 2.12 bits per heavy atom. The zero-order chi connectivity index (χ0) is 13.4. The summed E-state index contributed by atoms with van der Waals surface area (Å²) in [5, 5.41) is 0. The molecule has 0 unspecified atom stereocenters. The predicted octanol–water partition coefficient (Wildman–Crippen LogP) is 0.591. The van der Waals surface area contributed by atoms with Crippen molar-refractivity contribution in [3.8, 4) is 0 Å². The number of likely N-dealkylation sites (N-methyl/N-ethyl adjacent to an activating group) is 1. The van der Waals surface area contributed by atoms with Crippen molar-refractivity contribution >= 4 is 10.1 Å². The molecule has 17 heavy (non-hydrogen) atoms. The van der Waals surface area contributed by atoms with Gasteiger partial charge in [-0.15, -0.1) is 0 Å². The van der Waals surface area contributed by atoms with Crippen LogP contribution in [-0.4, -0.2) is 63.1 Å². The van der Waals surface area contributed by atoms with Crippen LogP contribution >= 0.6 is 0 Å². The van der Waals surface area contributed by atoms with Crippen molar-refractivity contribution in [2.45, 2.75) is 13.8 Å². The summed E-state index contributed by atoms with van der Waals surface area (Å²) >= 11 is 0. The van der Waals surface area contributed by atoms with Gasteiger partial charge in [0.15, 0.2) is 0 Å². The van der Waals surface area contributed by atoms with Gasteiger partial charge in [-0.2, -0.15) is 0 Å². The lowest BCUT2D eigenvalue weighted by Crippen LogP contribution is -2.51. The molecule has 0 atom stereocenters. The molecule has 1 aliphatic heterocycles. The standard InChI is InChI=1S/C7H16NO.C4H8O3S/c1-3-8(2)4-6-9-7-5-8;1-2-3-4-8(5,6)7/h3-7H2,1-2H3;2-3H,4H2,1H3,(H,5,6,7)/q+1;/p-1/b;3-2+. The summed E-state index contributed by atoms with van der Waals surface area (Å²) in [5.41, 5.74) is 0. The van der Waals surface area contributed by atoms with Gasteiger partial charge in [0.25, 0.3) is 0 Å². The van der Waals surface area contributed by atoms with Gasteiger partial charge >= 0.3 is 0 Å². The van der Waals surface area contributed by atoms with E-state index in [1.54, 1.807) is 6.92 Å². The smallest absolute Gasteiger partial charge is 0.102 e. The highest BCUT2D eigenvalue weighted by molar-refractivity contribution is 7.85. The molecule has 6 heteroatoms. The van der Waals surface area contributed by atoms with Crippen LogP contribution in [0.25, 0.3) is 0 Å². The first kappa shape index (κ1) is 16.6. The molecule has 0 aromatic rings. The fourth-order valence-corrected chi connectivity index (χ4v) is 1.74. The summed E-state index contributed by atoms with van der Waals surface area (Å²) in [7, 11) is -1.73. The third kappa shape index (κ3) is 9.29. The van der Waals surface area contributed by atoms with E-state index in [1.807, 2.05) is 0 Å². The second-order valence-corrected chi connectivity index (χ2v) is 5.74. The first-order valence-corrected chi connectivity index (χ1v) is 7.37. The monoisotopic (exact) mass is 265 g/mol. The van der Waals surface area contributed by atoms with Gasteiger partial charge in [-0.05, 0) is 13.8 Å².